The zero-order valence-corrected chi connectivity index (χ0v) is 19.8. The molecule has 2 fully saturated rings. The summed E-state index contributed by atoms with van der Waals surface area (Å²) in [7, 11) is 0. The predicted octanol–water partition coefficient (Wildman–Crippen LogP) is 3.58. The van der Waals surface area contributed by atoms with Crippen LogP contribution in [-0.2, 0) is 17.8 Å². The number of pyridine rings is 1. The highest BCUT2D eigenvalue weighted by Gasteiger charge is 2.39. The third kappa shape index (κ3) is 4.63. The van der Waals surface area contributed by atoms with Gasteiger partial charge in [-0.05, 0) is 40.5 Å². The molecule has 0 saturated carbocycles. The van der Waals surface area contributed by atoms with E-state index in [1.165, 1.54) is 10.6 Å². The number of hydrogen-bond donors (Lipinski definition) is 1. The number of piperidine rings is 1. The van der Waals surface area contributed by atoms with Gasteiger partial charge in [0, 0.05) is 43.6 Å². The Morgan fingerprint density at radius 3 is 2.78 bits per heavy atom. The number of carbonyl (C=O) groups is 2. The summed E-state index contributed by atoms with van der Waals surface area (Å²) in [6, 6.07) is 8.58. The summed E-state index contributed by atoms with van der Waals surface area (Å²) >= 11 is 9.35. The molecule has 4 rings (SSSR count). The first-order chi connectivity index (χ1) is 15.4. The molecule has 2 aromatic rings. The number of ether oxygens (including phenoxy) is 2. The van der Waals surface area contributed by atoms with Crippen molar-refractivity contribution in [3.63, 3.8) is 0 Å². The SMILES string of the molecule is CCn1c(Br)c(O[C@H]2CCN3C(=O)OC[C@@H]3C2)cc(C(=O)NCc2ccc(Cl)cc2)c1=O. The second-order valence-electron chi connectivity index (χ2n) is 7.76. The van der Waals surface area contributed by atoms with Crippen molar-refractivity contribution in [1.82, 2.24) is 14.8 Å². The number of cyclic esters (lactones) is 1. The summed E-state index contributed by atoms with van der Waals surface area (Å²) in [5.41, 5.74) is 0.480. The topological polar surface area (TPSA) is 89.9 Å². The Morgan fingerprint density at radius 1 is 1.31 bits per heavy atom. The maximum absolute atomic E-state index is 12.9. The molecule has 2 aliphatic heterocycles. The minimum atomic E-state index is -0.478. The third-order valence-electron chi connectivity index (χ3n) is 5.71. The predicted molar refractivity (Wildman–Crippen MR) is 122 cm³/mol. The van der Waals surface area contributed by atoms with Gasteiger partial charge in [0.2, 0.25) is 0 Å². The van der Waals surface area contributed by atoms with Crippen LogP contribution in [0.5, 0.6) is 5.75 Å². The lowest BCUT2D eigenvalue weighted by molar-refractivity contribution is 0.0903. The number of amides is 2. The molecular weight excluding hydrogens is 502 g/mol. The summed E-state index contributed by atoms with van der Waals surface area (Å²) in [6.45, 7) is 3.37. The van der Waals surface area contributed by atoms with Crippen LogP contribution in [0, 0.1) is 0 Å². The van der Waals surface area contributed by atoms with E-state index in [0.717, 1.165) is 5.56 Å². The Labute approximate surface area is 198 Å². The largest absolute Gasteiger partial charge is 0.487 e. The van der Waals surface area contributed by atoms with Crippen molar-refractivity contribution in [3.05, 3.63) is 61.4 Å². The lowest BCUT2D eigenvalue weighted by Crippen LogP contribution is -2.44. The van der Waals surface area contributed by atoms with Crippen molar-refractivity contribution in [2.45, 2.75) is 45.0 Å². The first kappa shape index (κ1) is 22.7. The van der Waals surface area contributed by atoms with Gasteiger partial charge in [0.05, 0.1) is 6.04 Å². The van der Waals surface area contributed by atoms with E-state index in [4.69, 9.17) is 21.1 Å². The zero-order valence-electron chi connectivity index (χ0n) is 17.5. The van der Waals surface area contributed by atoms with Crippen molar-refractivity contribution >= 4 is 39.5 Å². The van der Waals surface area contributed by atoms with Gasteiger partial charge in [-0.2, -0.15) is 0 Å². The monoisotopic (exact) mass is 523 g/mol. The van der Waals surface area contributed by atoms with Crippen LogP contribution in [0.15, 0.2) is 39.7 Å². The number of hydrogen-bond acceptors (Lipinski definition) is 5. The molecule has 1 aromatic heterocycles. The molecule has 2 amide bonds. The lowest BCUT2D eigenvalue weighted by Gasteiger charge is -2.32. The summed E-state index contributed by atoms with van der Waals surface area (Å²) in [4.78, 5) is 39.2. The summed E-state index contributed by atoms with van der Waals surface area (Å²) in [6.07, 6.45) is 0.826. The summed E-state index contributed by atoms with van der Waals surface area (Å²) < 4.78 is 13.3. The number of nitrogens with zero attached hydrogens (tertiary/aromatic N) is 2. The Balaban J connectivity index is 1.52. The van der Waals surface area contributed by atoms with E-state index < -0.39 is 11.5 Å². The molecule has 1 aromatic carbocycles. The smallest absolute Gasteiger partial charge is 0.410 e. The van der Waals surface area contributed by atoms with Crippen molar-refractivity contribution in [2.75, 3.05) is 13.2 Å². The fourth-order valence-corrected chi connectivity index (χ4v) is 4.72. The Kier molecular flexibility index (Phi) is 6.76. The van der Waals surface area contributed by atoms with Gasteiger partial charge in [0.25, 0.3) is 11.5 Å². The van der Waals surface area contributed by atoms with Crippen LogP contribution in [0.4, 0.5) is 4.79 Å². The molecule has 2 atom stereocenters. The maximum atomic E-state index is 12.9. The van der Waals surface area contributed by atoms with Crippen LogP contribution in [0.2, 0.25) is 5.02 Å². The quantitative estimate of drug-likeness (QED) is 0.584. The molecule has 10 heteroatoms. The molecule has 170 valence electrons. The third-order valence-corrected chi connectivity index (χ3v) is 6.78. The molecule has 32 heavy (non-hydrogen) atoms. The summed E-state index contributed by atoms with van der Waals surface area (Å²) in [5, 5.41) is 3.40. The molecule has 0 radical (unpaired) electrons. The number of rotatable bonds is 6. The number of benzene rings is 1. The van der Waals surface area contributed by atoms with E-state index in [1.54, 1.807) is 17.0 Å². The molecule has 0 spiro atoms. The first-order valence-electron chi connectivity index (χ1n) is 10.4. The Bertz CT molecular complexity index is 1090. The molecule has 2 aliphatic rings. The number of aromatic nitrogens is 1. The fraction of sp³-hybridized carbons (Fsp3) is 0.409. The van der Waals surface area contributed by atoms with E-state index in [2.05, 4.69) is 21.2 Å². The molecule has 1 N–H and O–H groups in total. The second kappa shape index (κ2) is 9.54. The second-order valence-corrected chi connectivity index (χ2v) is 8.95. The maximum Gasteiger partial charge on any atom is 0.410 e. The average molecular weight is 525 g/mol. The summed E-state index contributed by atoms with van der Waals surface area (Å²) in [5.74, 6) is -0.0547. The minimum absolute atomic E-state index is 0.0100. The standard InChI is InChI=1S/C22H23BrClN3O5/c1-2-26-19(23)18(32-16-7-8-27-15(9-16)12-31-22(27)30)10-17(21(26)29)20(28)25-11-13-3-5-14(24)6-4-13/h3-6,10,15-16H,2,7-9,11-12H2,1H3,(H,25,28)/t15-,16-/m0/s1. The highest BCUT2D eigenvalue weighted by atomic mass is 79.9. The average Bonchev–Trinajstić information content (AvgIpc) is 3.15. The number of fused-ring (bicyclic) bond motifs is 1. The molecular formula is C22H23BrClN3O5. The molecule has 2 saturated heterocycles. The van der Waals surface area contributed by atoms with Gasteiger partial charge in [0.15, 0.2) is 5.75 Å². The highest BCUT2D eigenvalue weighted by molar-refractivity contribution is 9.10. The van der Waals surface area contributed by atoms with Crippen molar-refractivity contribution in [2.24, 2.45) is 0 Å². The van der Waals surface area contributed by atoms with Gasteiger partial charge in [-0.15, -0.1) is 0 Å². The van der Waals surface area contributed by atoms with Crippen LogP contribution in [0.3, 0.4) is 0 Å². The fourth-order valence-electron chi connectivity index (χ4n) is 3.98. The van der Waals surface area contributed by atoms with Crippen LogP contribution >= 0.6 is 27.5 Å². The Hall–Kier alpha value is -2.52. The number of nitrogens with one attached hydrogen (secondary N) is 1. The van der Waals surface area contributed by atoms with Crippen LogP contribution < -0.4 is 15.6 Å². The molecule has 8 nitrogen and oxygen atoms in total. The van der Waals surface area contributed by atoms with Gasteiger partial charge in [-0.3, -0.25) is 14.2 Å². The van der Waals surface area contributed by atoms with Gasteiger partial charge < -0.3 is 19.7 Å². The van der Waals surface area contributed by atoms with Crippen LogP contribution in [0.25, 0.3) is 0 Å². The van der Waals surface area contributed by atoms with Crippen LogP contribution in [0.1, 0.15) is 35.7 Å². The molecule has 0 bridgehead atoms. The van der Waals surface area contributed by atoms with E-state index in [9.17, 15) is 14.4 Å². The first-order valence-corrected chi connectivity index (χ1v) is 11.6. The van der Waals surface area contributed by atoms with Crippen molar-refractivity contribution in [3.8, 4) is 5.75 Å². The van der Waals surface area contributed by atoms with Crippen molar-refractivity contribution < 1.29 is 19.1 Å². The lowest BCUT2D eigenvalue weighted by atomic mass is 10.0. The van der Waals surface area contributed by atoms with Crippen molar-refractivity contribution in [1.29, 1.82) is 0 Å². The van der Waals surface area contributed by atoms with E-state index in [1.807, 2.05) is 19.1 Å². The van der Waals surface area contributed by atoms with Gasteiger partial charge in [-0.1, -0.05) is 23.7 Å². The molecule has 0 aliphatic carbocycles. The minimum Gasteiger partial charge on any atom is -0.487 e. The Morgan fingerprint density at radius 2 is 2.06 bits per heavy atom. The number of carbonyl (C=O) groups excluding carboxylic acids is 2. The highest BCUT2D eigenvalue weighted by Crippen LogP contribution is 2.31. The number of halogens is 2. The molecule has 0 unspecified atom stereocenters. The van der Waals surface area contributed by atoms with Gasteiger partial charge >= 0.3 is 6.09 Å². The van der Waals surface area contributed by atoms with Gasteiger partial charge in [-0.25, -0.2) is 4.79 Å². The van der Waals surface area contributed by atoms with Crippen LogP contribution in [-0.4, -0.2) is 46.8 Å². The molecule has 3 heterocycles. The van der Waals surface area contributed by atoms with E-state index >= 15 is 0 Å². The normalized spacial score (nSPS) is 20.0. The van der Waals surface area contributed by atoms with E-state index in [-0.39, 0.29) is 30.3 Å². The van der Waals surface area contributed by atoms with E-state index in [0.29, 0.717) is 47.9 Å². The van der Waals surface area contributed by atoms with Gasteiger partial charge in [0.1, 0.15) is 22.9 Å². The zero-order chi connectivity index (χ0) is 22.8.